The molecular weight excluding hydrogens is 310 g/mol. The van der Waals surface area contributed by atoms with Crippen molar-refractivity contribution in [3.8, 4) is 0 Å². The van der Waals surface area contributed by atoms with Crippen LogP contribution in [0.15, 0.2) is 27.4 Å². The Balaban J connectivity index is 2.20. The molecule has 0 radical (unpaired) electrons. The summed E-state index contributed by atoms with van der Waals surface area (Å²) in [5.41, 5.74) is 7.32. The summed E-state index contributed by atoms with van der Waals surface area (Å²) in [5, 5.41) is 2.92. The van der Waals surface area contributed by atoms with E-state index in [0.717, 1.165) is 0 Å². The Kier molecular flexibility index (Phi) is 4.55. The van der Waals surface area contributed by atoms with Crippen LogP contribution in [0.2, 0.25) is 0 Å². The van der Waals surface area contributed by atoms with Crippen molar-refractivity contribution in [1.29, 1.82) is 0 Å². The lowest BCUT2D eigenvalue weighted by Gasteiger charge is -2.27. The molecule has 0 bridgehead atoms. The van der Waals surface area contributed by atoms with Crippen molar-refractivity contribution in [2.45, 2.75) is 13.0 Å². The van der Waals surface area contributed by atoms with E-state index in [1.807, 2.05) is 4.90 Å². The van der Waals surface area contributed by atoms with Gasteiger partial charge >= 0.3 is 0 Å². The number of fused-ring (bicyclic) bond motifs is 1. The molecule has 2 heterocycles. The third-order valence-electron chi connectivity index (χ3n) is 4.15. The van der Waals surface area contributed by atoms with Crippen molar-refractivity contribution in [2.75, 3.05) is 38.3 Å². The zero-order valence-electron chi connectivity index (χ0n) is 13.8. The predicted octanol–water partition coefficient (Wildman–Crippen LogP) is 1.01. The van der Waals surface area contributed by atoms with E-state index in [0.29, 0.717) is 54.3 Å². The summed E-state index contributed by atoms with van der Waals surface area (Å²) >= 11 is 0. The molecule has 1 aliphatic heterocycles. The van der Waals surface area contributed by atoms with Crippen LogP contribution in [0, 0.1) is 0 Å². The number of ether oxygens (including phenoxy) is 1. The van der Waals surface area contributed by atoms with Crippen LogP contribution >= 0.6 is 0 Å². The van der Waals surface area contributed by atoms with Gasteiger partial charge < -0.3 is 25.1 Å². The number of amides is 1. The number of nitrogens with zero attached hydrogens (tertiary/aromatic N) is 1. The lowest BCUT2D eigenvalue weighted by Crippen LogP contribution is -2.36. The van der Waals surface area contributed by atoms with Crippen LogP contribution < -0.4 is 21.4 Å². The third kappa shape index (κ3) is 3.00. The molecule has 1 amide bonds. The maximum Gasteiger partial charge on any atom is 0.251 e. The normalized spacial score (nSPS) is 16.2. The molecule has 128 valence electrons. The molecular formula is C17H21N3O4. The highest BCUT2D eigenvalue weighted by Gasteiger charge is 2.19. The molecule has 1 atom stereocenters. The topological polar surface area (TPSA) is 97.8 Å². The Morgan fingerprint density at radius 1 is 1.29 bits per heavy atom. The van der Waals surface area contributed by atoms with Crippen LogP contribution in [-0.4, -0.2) is 39.3 Å². The maximum atomic E-state index is 12.6. The van der Waals surface area contributed by atoms with Gasteiger partial charge in [-0.15, -0.1) is 0 Å². The van der Waals surface area contributed by atoms with Crippen LogP contribution in [0.25, 0.3) is 11.0 Å². The quantitative estimate of drug-likeness (QED) is 0.871. The van der Waals surface area contributed by atoms with Gasteiger partial charge in [-0.25, -0.2) is 0 Å². The minimum absolute atomic E-state index is 0.189. The SMILES string of the molecule is CNC(=O)c1cc(C(C)N)c2oc(N3CCOCC3)cc(=O)c2c1. The number of nitrogens with one attached hydrogen (secondary N) is 1. The minimum atomic E-state index is -0.375. The van der Waals surface area contributed by atoms with Crippen LogP contribution in [0.1, 0.15) is 28.9 Å². The Hall–Kier alpha value is -2.38. The summed E-state index contributed by atoms with van der Waals surface area (Å²) in [7, 11) is 1.54. The largest absolute Gasteiger partial charge is 0.440 e. The Morgan fingerprint density at radius 3 is 2.62 bits per heavy atom. The van der Waals surface area contributed by atoms with Gasteiger partial charge in [0.1, 0.15) is 5.58 Å². The van der Waals surface area contributed by atoms with Gasteiger partial charge in [0.25, 0.3) is 5.91 Å². The molecule has 0 spiro atoms. The second-order valence-corrected chi connectivity index (χ2v) is 5.86. The molecule has 3 rings (SSSR count). The summed E-state index contributed by atoms with van der Waals surface area (Å²) in [6, 6.07) is 4.32. The number of morpholine rings is 1. The summed E-state index contributed by atoms with van der Waals surface area (Å²) in [6.07, 6.45) is 0. The highest BCUT2D eigenvalue weighted by molar-refractivity contribution is 5.98. The first-order valence-corrected chi connectivity index (χ1v) is 7.93. The maximum absolute atomic E-state index is 12.6. The summed E-state index contributed by atoms with van der Waals surface area (Å²) in [4.78, 5) is 26.5. The van der Waals surface area contributed by atoms with Gasteiger partial charge in [0, 0.05) is 43.4 Å². The Bertz CT molecular complexity index is 822. The third-order valence-corrected chi connectivity index (χ3v) is 4.15. The molecule has 1 saturated heterocycles. The lowest BCUT2D eigenvalue weighted by molar-refractivity contribution is 0.0963. The van der Waals surface area contributed by atoms with Crippen molar-refractivity contribution in [1.82, 2.24) is 5.32 Å². The highest BCUT2D eigenvalue weighted by atomic mass is 16.5. The van der Waals surface area contributed by atoms with E-state index in [1.54, 1.807) is 26.1 Å². The monoisotopic (exact) mass is 331 g/mol. The van der Waals surface area contributed by atoms with E-state index >= 15 is 0 Å². The number of hydrogen-bond acceptors (Lipinski definition) is 6. The number of rotatable bonds is 3. The molecule has 7 nitrogen and oxygen atoms in total. The van der Waals surface area contributed by atoms with Gasteiger partial charge in [-0.3, -0.25) is 9.59 Å². The van der Waals surface area contributed by atoms with Gasteiger partial charge in [-0.1, -0.05) is 0 Å². The van der Waals surface area contributed by atoms with Crippen LogP contribution in [0.5, 0.6) is 0 Å². The zero-order valence-corrected chi connectivity index (χ0v) is 13.8. The van der Waals surface area contributed by atoms with Crippen molar-refractivity contribution in [2.24, 2.45) is 5.73 Å². The van der Waals surface area contributed by atoms with E-state index in [1.165, 1.54) is 6.07 Å². The van der Waals surface area contributed by atoms with Gasteiger partial charge in [0.05, 0.1) is 18.6 Å². The molecule has 1 fully saturated rings. The second kappa shape index (κ2) is 6.62. The van der Waals surface area contributed by atoms with Crippen molar-refractivity contribution >= 4 is 22.8 Å². The fourth-order valence-electron chi connectivity index (χ4n) is 2.83. The van der Waals surface area contributed by atoms with Crippen molar-refractivity contribution in [3.63, 3.8) is 0 Å². The van der Waals surface area contributed by atoms with Gasteiger partial charge in [-0.2, -0.15) is 0 Å². The average Bonchev–Trinajstić information content (AvgIpc) is 2.60. The first-order valence-electron chi connectivity index (χ1n) is 7.93. The average molecular weight is 331 g/mol. The van der Waals surface area contributed by atoms with Gasteiger partial charge in [0.15, 0.2) is 11.3 Å². The molecule has 1 aromatic carbocycles. The second-order valence-electron chi connectivity index (χ2n) is 5.86. The fourth-order valence-corrected chi connectivity index (χ4v) is 2.83. The first-order chi connectivity index (χ1) is 11.5. The number of benzene rings is 1. The van der Waals surface area contributed by atoms with Crippen LogP contribution in [0.4, 0.5) is 5.88 Å². The number of carbonyl (C=O) groups is 1. The molecule has 2 aromatic rings. The smallest absolute Gasteiger partial charge is 0.251 e. The standard InChI is InChI=1S/C17H21N3O4/c1-10(18)12-7-11(17(22)19-2)8-13-14(21)9-15(24-16(12)13)20-3-5-23-6-4-20/h7-10H,3-6,18H2,1-2H3,(H,19,22). The lowest BCUT2D eigenvalue weighted by atomic mass is 10.0. The van der Waals surface area contributed by atoms with E-state index in [9.17, 15) is 9.59 Å². The number of hydrogen-bond donors (Lipinski definition) is 2. The molecule has 0 saturated carbocycles. The molecule has 7 heteroatoms. The molecule has 0 aliphatic carbocycles. The van der Waals surface area contributed by atoms with E-state index in [4.69, 9.17) is 14.9 Å². The summed E-state index contributed by atoms with van der Waals surface area (Å²) < 4.78 is 11.3. The fraction of sp³-hybridized carbons (Fsp3) is 0.412. The van der Waals surface area contributed by atoms with Crippen molar-refractivity contribution in [3.05, 3.63) is 39.5 Å². The van der Waals surface area contributed by atoms with E-state index in [-0.39, 0.29) is 17.4 Å². The first kappa shape index (κ1) is 16.5. The van der Waals surface area contributed by atoms with Gasteiger partial charge in [-0.05, 0) is 19.1 Å². The summed E-state index contributed by atoms with van der Waals surface area (Å²) in [6.45, 7) is 4.31. The minimum Gasteiger partial charge on any atom is -0.440 e. The molecule has 3 N–H and O–H groups in total. The zero-order chi connectivity index (χ0) is 17.3. The summed E-state index contributed by atoms with van der Waals surface area (Å²) in [5.74, 6) is 0.237. The Labute approximate surface area is 139 Å². The van der Waals surface area contributed by atoms with E-state index in [2.05, 4.69) is 5.32 Å². The number of nitrogens with two attached hydrogens (primary N) is 1. The molecule has 24 heavy (non-hydrogen) atoms. The predicted molar refractivity (Wildman–Crippen MR) is 91.5 cm³/mol. The number of carbonyl (C=O) groups excluding carboxylic acids is 1. The highest BCUT2D eigenvalue weighted by Crippen LogP contribution is 2.27. The molecule has 1 unspecified atom stereocenters. The van der Waals surface area contributed by atoms with Gasteiger partial charge in [0.2, 0.25) is 0 Å². The van der Waals surface area contributed by atoms with Crippen LogP contribution in [0.3, 0.4) is 0 Å². The van der Waals surface area contributed by atoms with Crippen LogP contribution in [-0.2, 0) is 4.74 Å². The van der Waals surface area contributed by atoms with E-state index < -0.39 is 0 Å². The van der Waals surface area contributed by atoms with Crippen molar-refractivity contribution < 1.29 is 13.9 Å². The molecule has 1 aromatic heterocycles. The Morgan fingerprint density at radius 2 is 2.00 bits per heavy atom. The molecule has 1 aliphatic rings. The number of anilines is 1.